The summed E-state index contributed by atoms with van der Waals surface area (Å²) in [5.74, 6) is 0.524. The Labute approximate surface area is 135 Å². The lowest BCUT2D eigenvalue weighted by molar-refractivity contribution is 0.0121. The molecule has 2 aromatic rings. The van der Waals surface area contributed by atoms with Crippen LogP contribution in [0, 0.1) is 0 Å². The largest absolute Gasteiger partial charge is 0.472 e. The van der Waals surface area contributed by atoms with Gasteiger partial charge in [0.05, 0.1) is 5.39 Å². The van der Waals surface area contributed by atoms with Gasteiger partial charge in [0.1, 0.15) is 11.7 Å². The maximum atomic E-state index is 12.0. The molecule has 2 heterocycles. The zero-order chi connectivity index (χ0) is 16.4. The molecule has 1 saturated heterocycles. The molecule has 0 radical (unpaired) electrons. The molecule has 6 heteroatoms. The Morgan fingerprint density at radius 2 is 1.96 bits per heavy atom. The van der Waals surface area contributed by atoms with Gasteiger partial charge in [-0.1, -0.05) is 12.1 Å². The van der Waals surface area contributed by atoms with Gasteiger partial charge in [0.15, 0.2) is 5.58 Å². The molecule has 0 spiro atoms. The highest BCUT2D eigenvalue weighted by Crippen LogP contribution is 2.27. The van der Waals surface area contributed by atoms with Crippen LogP contribution in [0.2, 0.25) is 0 Å². The summed E-state index contributed by atoms with van der Waals surface area (Å²) in [4.78, 5) is 13.8. The van der Waals surface area contributed by atoms with Crippen LogP contribution in [-0.2, 0) is 4.74 Å². The molecule has 0 bridgehead atoms. The van der Waals surface area contributed by atoms with Gasteiger partial charge in [-0.05, 0) is 38.1 Å². The van der Waals surface area contributed by atoms with E-state index in [0.29, 0.717) is 24.6 Å². The average molecular weight is 318 g/mol. The fourth-order valence-electron chi connectivity index (χ4n) is 2.59. The number of nitrogens with zero attached hydrogens (tertiary/aromatic N) is 2. The van der Waals surface area contributed by atoms with Crippen molar-refractivity contribution in [1.29, 1.82) is 0 Å². The van der Waals surface area contributed by atoms with Gasteiger partial charge in [-0.2, -0.15) is 0 Å². The first kappa shape index (κ1) is 15.6. The number of piperidine rings is 1. The average Bonchev–Trinajstić information content (AvgIpc) is 2.90. The molecule has 0 atom stereocenters. The molecule has 1 aliphatic heterocycles. The maximum absolute atomic E-state index is 12.0. The molecule has 0 N–H and O–H groups in total. The van der Waals surface area contributed by atoms with Gasteiger partial charge in [-0.25, -0.2) is 4.79 Å². The molecule has 1 amide bonds. The SMILES string of the molecule is CC(C)(C)OC(=O)N1CCC(Oc2noc3ccccc23)CC1. The molecule has 1 aromatic carbocycles. The Morgan fingerprint density at radius 1 is 1.26 bits per heavy atom. The highest BCUT2D eigenvalue weighted by atomic mass is 16.6. The van der Waals surface area contributed by atoms with Crippen LogP contribution < -0.4 is 4.74 Å². The molecule has 124 valence electrons. The minimum atomic E-state index is -0.468. The minimum absolute atomic E-state index is 0.0298. The molecular formula is C17H22N2O4. The zero-order valence-corrected chi connectivity index (χ0v) is 13.7. The first-order valence-corrected chi connectivity index (χ1v) is 7.91. The summed E-state index contributed by atoms with van der Waals surface area (Å²) in [5, 5.41) is 4.87. The highest BCUT2D eigenvalue weighted by Gasteiger charge is 2.28. The summed E-state index contributed by atoms with van der Waals surface area (Å²) < 4.78 is 16.6. The minimum Gasteiger partial charge on any atom is -0.472 e. The number of likely N-dealkylation sites (tertiary alicyclic amines) is 1. The molecule has 0 aliphatic carbocycles. The molecule has 23 heavy (non-hydrogen) atoms. The Morgan fingerprint density at radius 3 is 2.65 bits per heavy atom. The van der Waals surface area contributed by atoms with Gasteiger partial charge in [0.2, 0.25) is 0 Å². The smallest absolute Gasteiger partial charge is 0.410 e. The quantitative estimate of drug-likeness (QED) is 0.846. The van der Waals surface area contributed by atoms with Crippen molar-refractivity contribution in [2.75, 3.05) is 13.1 Å². The molecular weight excluding hydrogens is 296 g/mol. The second kappa shape index (κ2) is 6.10. The third kappa shape index (κ3) is 3.75. The second-order valence-electron chi connectivity index (χ2n) is 6.77. The van der Waals surface area contributed by atoms with Crippen molar-refractivity contribution in [3.63, 3.8) is 0 Å². The monoisotopic (exact) mass is 318 g/mol. The third-order valence-electron chi connectivity index (χ3n) is 3.72. The van der Waals surface area contributed by atoms with E-state index in [1.807, 2.05) is 45.0 Å². The van der Waals surface area contributed by atoms with E-state index in [2.05, 4.69) is 5.16 Å². The number of hydrogen-bond donors (Lipinski definition) is 0. The Bertz CT molecular complexity index is 681. The molecule has 1 aliphatic rings. The van der Waals surface area contributed by atoms with Gasteiger partial charge < -0.3 is 18.9 Å². The fourth-order valence-corrected chi connectivity index (χ4v) is 2.59. The molecule has 0 unspecified atom stereocenters. The van der Waals surface area contributed by atoms with Crippen LogP contribution in [0.3, 0.4) is 0 Å². The van der Waals surface area contributed by atoms with E-state index < -0.39 is 5.60 Å². The van der Waals surface area contributed by atoms with Crippen LogP contribution in [0.15, 0.2) is 28.8 Å². The molecule has 1 aromatic heterocycles. The number of rotatable bonds is 2. The van der Waals surface area contributed by atoms with Gasteiger partial charge in [-0.3, -0.25) is 0 Å². The number of amides is 1. The number of aromatic nitrogens is 1. The molecule has 0 saturated carbocycles. The summed E-state index contributed by atoms with van der Waals surface area (Å²) in [6, 6.07) is 7.62. The Kier molecular flexibility index (Phi) is 4.15. The number of fused-ring (bicyclic) bond motifs is 1. The van der Waals surface area contributed by atoms with Gasteiger partial charge in [-0.15, -0.1) is 0 Å². The summed E-state index contributed by atoms with van der Waals surface area (Å²) >= 11 is 0. The van der Waals surface area contributed by atoms with Gasteiger partial charge >= 0.3 is 6.09 Å². The first-order valence-electron chi connectivity index (χ1n) is 7.91. The highest BCUT2D eigenvalue weighted by molar-refractivity contribution is 5.81. The second-order valence-corrected chi connectivity index (χ2v) is 6.77. The number of carbonyl (C=O) groups excluding carboxylic acids is 1. The van der Waals surface area contributed by atoms with Crippen molar-refractivity contribution in [3.8, 4) is 5.88 Å². The predicted octanol–water partition coefficient (Wildman–Crippen LogP) is 3.61. The summed E-state index contributed by atoms with van der Waals surface area (Å²) in [5.41, 5.74) is 0.248. The van der Waals surface area contributed by atoms with Gasteiger partial charge in [0, 0.05) is 25.9 Å². The molecule has 1 fully saturated rings. The van der Waals surface area contributed by atoms with Crippen LogP contribution in [0.5, 0.6) is 5.88 Å². The summed E-state index contributed by atoms with van der Waals surface area (Å²) in [6.45, 7) is 6.86. The third-order valence-corrected chi connectivity index (χ3v) is 3.72. The topological polar surface area (TPSA) is 64.8 Å². The van der Waals surface area contributed by atoms with Crippen LogP contribution in [0.4, 0.5) is 4.79 Å². The van der Waals surface area contributed by atoms with E-state index >= 15 is 0 Å². The predicted molar refractivity (Wildman–Crippen MR) is 85.5 cm³/mol. The molecule has 6 nitrogen and oxygen atoms in total. The maximum Gasteiger partial charge on any atom is 0.410 e. The summed E-state index contributed by atoms with van der Waals surface area (Å²) in [6.07, 6.45) is 1.27. The van der Waals surface area contributed by atoms with E-state index in [4.69, 9.17) is 14.0 Å². The Balaban J connectivity index is 1.56. The summed E-state index contributed by atoms with van der Waals surface area (Å²) in [7, 11) is 0. The van der Waals surface area contributed by atoms with Crippen LogP contribution >= 0.6 is 0 Å². The standard InChI is InChI=1S/C17H22N2O4/c1-17(2,3)22-16(20)19-10-8-12(9-11-19)21-15-13-6-4-5-7-14(13)23-18-15/h4-7,12H,8-11H2,1-3H3. The van der Waals surface area contributed by atoms with Crippen LogP contribution in [-0.4, -0.2) is 40.9 Å². The lowest BCUT2D eigenvalue weighted by Crippen LogP contribution is -2.44. The van der Waals surface area contributed by atoms with E-state index in [1.54, 1.807) is 4.90 Å². The van der Waals surface area contributed by atoms with Gasteiger partial charge in [0.25, 0.3) is 5.88 Å². The van der Waals surface area contributed by atoms with Crippen LogP contribution in [0.1, 0.15) is 33.6 Å². The van der Waals surface area contributed by atoms with E-state index in [-0.39, 0.29) is 12.2 Å². The number of benzene rings is 1. The normalized spacial score (nSPS) is 16.6. The molecule has 3 rings (SSSR count). The zero-order valence-electron chi connectivity index (χ0n) is 13.7. The number of para-hydroxylation sites is 1. The number of ether oxygens (including phenoxy) is 2. The van der Waals surface area contributed by atoms with Crippen molar-refractivity contribution in [2.45, 2.75) is 45.3 Å². The lowest BCUT2D eigenvalue weighted by atomic mass is 10.1. The van der Waals surface area contributed by atoms with Crippen molar-refractivity contribution < 1.29 is 18.8 Å². The Hall–Kier alpha value is -2.24. The van der Waals surface area contributed by atoms with Crippen molar-refractivity contribution in [3.05, 3.63) is 24.3 Å². The van der Waals surface area contributed by atoms with Crippen molar-refractivity contribution >= 4 is 17.1 Å². The number of carbonyl (C=O) groups is 1. The lowest BCUT2D eigenvalue weighted by Gasteiger charge is -2.33. The van der Waals surface area contributed by atoms with Crippen molar-refractivity contribution in [2.24, 2.45) is 0 Å². The van der Waals surface area contributed by atoms with E-state index in [1.165, 1.54) is 0 Å². The van der Waals surface area contributed by atoms with Crippen LogP contribution in [0.25, 0.3) is 11.0 Å². The van der Waals surface area contributed by atoms with E-state index in [9.17, 15) is 4.79 Å². The fraction of sp³-hybridized carbons (Fsp3) is 0.529. The van der Waals surface area contributed by atoms with Crippen molar-refractivity contribution in [1.82, 2.24) is 10.1 Å². The first-order chi connectivity index (χ1) is 10.9. The number of hydrogen-bond acceptors (Lipinski definition) is 5. The van der Waals surface area contributed by atoms with E-state index in [0.717, 1.165) is 18.2 Å².